The van der Waals surface area contributed by atoms with Crippen molar-refractivity contribution < 1.29 is 0 Å². The van der Waals surface area contributed by atoms with Crippen molar-refractivity contribution in [3.63, 3.8) is 0 Å². The van der Waals surface area contributed by atoms with Crippen LogP contribution in [0.3, 0.4) is 0 Å². The number of hydrogen-bond acceptors (Lipinski definition) is 2. The zero-order chi connectivity index (χ0) is 12.8. The second kappa shape index (κ2) is 6.23. The van der Waals surface area contributed by atoms with Gasteiger partial charge in [0.25, 0.3) is 0 Å². The summed E-state index contributed by atoms with van der Waals surface area (Å²) in [6.45, 7) is 3.92. The Morgan fingerprint density at radius 3 is 2.89 bits per heavy atom. The molecule has 3 nitrogen and oxygen atoms in total. The largest absolute Gasteiger partial charge is 0.327 e. The van der Waals surface area contributed by atoms with Gasteiger partial charge >= 0.3 is 0 Å². The maximum Gasteiger partial charge on any atom is 0.121 e. The van der Waals surface area contributed by atoms with Crippen LogP contribution >= 0.6 is 0 Å². The third kappa shape index (κ3) is 2.72. The number of para-hydroxylation sites is 2. The molecule has 0 unspecified atom stereocenters. The molecular formula is C15H19N3. The lowest BCUT2D eigenvalue weighted by Gasteiger charge is -2.04. The lowest BCUT2D eigenvalue weighted by Crippen LogP contribution is -2.05. The fourth-order valence-corrected chi connectivity index (χ4v) is 2.03. The second-order valence-electron chi connectivity index (χ2n) is 4.23. The van der Waals surface area contributed by atoms with Crippen molar-refractivity contribution in [1.29, 1.82) is 0 Å². The Bertz CT molecular complexity index is 572. The number of nitrogens with zero attached hydrogens (tertiary/aromatic N) is 2. The first-order valence-corrected chi connectivity index (χ1v) is 6.41. The highest BCUT2D eigenvalue weighted by Crippen LogP contribution is 2.16. The van der Waals surface area contributed by atoms with E-state index in [1.165, 1.54) is 5.52 Å². The van der Waals surface area contributed by atoms with Crippen LogP contribution < -0.4 is 5.32 Å². The van der Waals surface area contributed by atoms with Gasteiger partial charge in [0.1, 0.15) is 5.82 Å². The number of rotatable bonds is 4. The number of imidazole rings is 1. The summed E-state index contributed by atoms with van der Waals surface area (Å²) >= 11 is 0. The summed E-state index contributed by atoms with van der Waals surface area (Å²) < 4.78 is 2.28. The Kier molecular flexibility index (Phi) is 4.38. The van der Waals surface area contributed by atoms with Gasteiger partial charge in [-0.25, -0.2) is 4.98 Å². The van der Waals surface area contributed by atoms with E-state index in [-0.39, 0.29) is 0 Å². The van der Waals surface area contributed by atoms with Crippen molar-refractivity contribution in [2.75, 3.05) is 13.6 Å². The van der Waals surface area contributed by atoms with Crippen LogP contribution in [-0.4, -0.2) is 23.1 Å². The van der Waals surface area contributed by atoms with Gasteiger partial charge in [0.05, 0.1) is 24.0 Å². The van der Waals surface area contributed by atoms with Crippen molar-refractivity contribution in [3.8, 4) is 11.8 Å². The molecule has 0 aliphatic heterocycles. The molecule has 1 aromatic carbocycles. The summed E-state index contributed by atoms with van der Waals surface area (Å²) in [6, 6.07) is 8.28. The van der Waals surface area contributed by atoms with Crippen LogP contribution in [0.2, 0.25) is 0 Å². The third-order valence-electron chi connectivity index (χ3n) is 2.82. The molecule has 0 saturated carbocycles. The highest BCUT2D eigenvalue weighted by Gasteiger charge is 2.07. The van der Waals surface area contributed by atoms with E-state index in [9.17, 15) is 0 Å². The number of nitrogens with one attached hydrogen (secondary N) is 1. The molecule has 2 aromatic rings. The van der Waals surface area contributed by atoms with Crippen LogP contribution in [0.25, 0.3) is 11.0 Å². The van der Waals surface area contributed by atoms with Gasteiger partial charge in [-0.2, -0.15) is 0 Å². The number of benzene rings is 1. The van der Waals surface area contributed by atoms with Crippen molar-refractivity contribution in [2.24, 2.45) is 0 Å². The average molecular weight is 241 g/mol. The van der Waals surface area contributed by atoms with E-state index in [2.05, 4.69) is 51.8 Å². The predicted molar refractivity (Wildman–Crippen MR) is 75.4 cm³/mol. The smallest absolute Gasteiger partial charge is 0.121 e. The van der Waals surface area contributed by atoms with Crippen LogP contribution in [0.15, 0.2) is 24.3 Å². The molecule has 0 aliphatic rings. The Balaban J connectivity index is 2.31. The zero-order valence-corrected chi connectivity index (χ0v) is 11.0. The van der Waals surface area contributed by atoms with E-state index in [4.69, 9.17) is 0 Å². The van der Waals surface area contributed by atoms with Crippen LogP contribution in [0.1, 0.15) is 19.2 Å². The van der Waals surface area contributed by atoms with Gasteiger partial charge in [-0.15, -0.1) is 0 Å². The standard InChI is InChI=1S/C15H19N3/c1-3-12-18-14-9-5-4-8-13(14)17-15(18)10-6-7-11-16-2/h4-5,8-9,16H,3,10-12H2,1-2H3. The molecule has 2 rings (SSSR count). The first kappa shape index (κ1) is 12.7. The Morgan fingerprint density at radius 2 is 2.11 bits per heavy atom. The van der Waals surface area contributed by atoms with Crippen LogP contribution in [0.5, 0.6) is 0 Å². The summed E-state index contributed by atoms with van der Waals surface area (Å²) in [6.07, 6.45) is 1.83. The molecule has 1 heterocycles. The van der Waals surface area contributed by atoms with E-state index in [0.717, 1.165) is 37.3 Å². The minimum Gasteiger partial charge on any atom is -0.327 e. The molecule has 0 saturated heterocycles. The van der Waals surface area contributed by atoms with Crippen LogP contribution in [0.4, 0.5) is 0 Å². The lowest BCUT2D eigenvalue weighted by molar-refractivity contribution is 0.668. The summed E-state index contributed by atoms with van der Waals surface area (Å²) in [4.78, 5) is 4.67. The maximum absolute atomic E-state index is 4.67. The van der Waals surface area contributed by atoms with Crippen molar-refractivity contribution >= 4 is 11.0 Å². The van der Waals surface area contributed by atoms with E-state index in [1.54, 1.807) is 0 Å². The molecule has 0 aliphatic carbocycles. The number of aryl methyl sites for hydroxylation is 1. The van der Waals surface area contributed by atoms with Gasteiger partial charge in [-0.05, 0) is 25.6 Å². The molecule has 3 heteroatoms. The molecular weight excluding hydrogens is 222 g/mol. The average Bonchev–Trinajstić information content (AvgIpc) is 2.74. The number of aromatic nitrogens is 2. The van der Waals surface area contributed by atoms with Crippen molar-refractivity contribution in [1.82, 2.24) is 14.9 Å². The van der Waals surface area contributed by atoms with E-state index < -0.39 is 0 Å². The maximum atomic E-state index is 4.67. The Morgan fingerprint density at radius 1 is 1.28 bits per heavy atom. The number of fused-ring (bicyclic) bond motifs is 1. The molecule has 0 spiro atoms. The molecule has 0 fully saturated rings. The highest BCUT2D eigenvalue weighted by atomic mass is 15.1. The SMILES string of the molecule is CCCn1c(CC#CCNC)nc2ccccc21. The molecule has 0 radical (unpaired) electrons. The molecule has 94 valence electrons. The Labute approximate surface area is 108 Å². The fourth-order valence-electron chi connectivity index (χ4n) is 2.03. The van der Waals surface area contributed by atoms with E-state index >= 15 is 0 Å². The zero-order valence-electron chi connectivity index (χ0n) is 11.0. The van der Waals surface area contributed by atoms with Crippen LogP contribution in [0, 0.1) is 11.8 Å². The van der Waals surface area contributed by atoms with Crippen molar-refractivity contribution in [3.05, 3.63) is 30.1 Å². The first-order valence-electron chi connectivity index (χ1n) is 6.41. The normalized spacial score (nSPS) is 10.3. The topological polar surface area (TPSA) is 29.9 Å². The van der Waals surface area contributed by atoms with E-state index in [0.29, 0.717) is 0 Å². The lowest BCUT2D eigenvalue weighted by atomic mass is 10.3. The summed E-state index contributed by atoms with van der Waals surface area (Å²) in [5.74, 6) is 7.32. The molecule has 1 aromatic heterocycles. The van der Waals surface area contributed by atoms with Gasteiger partial charge in [0.15, 0.2) is 0 Å². The molecule has 0 bridgehead atoms. The second-order valence-corrected chi connectivity index (χ2v) is 4.23. The molecule has 0 amide bonds. The predicted octanol–water partition coefficient (Wildman–Crippen LogP) is 2.21. The van der Waals surface area contributed by atoms with Gasteiger partial charge < -0.3 is 9.88 Å². The molecule has 0 atom stereocenters. The molecule has 18 heavy (non-hydrogen) atoms. The van der Waals surface area contributed by atoms with Gasteiger partial charge in [-0.3, -0.25) is 0 Å². The summed E-state index contributed by atoms with van der Waals surface area (Å²) in [7, 11) is 1.90. The van der Waals surface area contributed by atoms with Gasteiger partial charge in [-0.1, -0.05) is 30.9 Å². The summed E-state index contributed by atoms with van der Waals surface area (Å²) in [5.41, 5.74) is 2.28. The summed E-state index contributed by atoms with van der Waals surface area (Å²) in [5, 5.41) is 3.02. The van der Waals surface area contributed by atoms with Gasteiger partial charge in [0, 0.05) is 6.54 Å². The monoisotopic (exact) mass is 241 g/mol. The van der Waals surface area contributed by atoms with Crippen LogP contribution in [-0.2, 0) is 13.0 Å². The van der Waals surface area contributed by atoms with Gasteiger partial charge in [0.2, 0.25) is 0 Å². The minimum absolute atomic E-state index is 0.719. The molecule has 1 N–H and O–H groups in total. The number of hydrogen-bond donors (Lipinski definition) is 1. The fraction of sp³-hybridized carbons (Fsp3) is 0.400. The van der Waals surface area contributed by atoms with Crippen molar-refractivity contribution in [2.45, 2.75) is 26.3 Å². The van der Waals surface area contributed by atoms with E-state index in [1.807, 2.05) is 13.1 Å². The first-order chi connectivity index (χ1) is 8.86. The minimum atomic E-state index is 0.719. The Hall–Kier alpha value is -1.79. The highest BCUT2D eigenvalue weighted by molar-refractivity contribution is 5.75. The third-order valence-corrected chi connectivity index (χ3v) is 2.82. The quantitative estimate of drug-likeness (QED) is 0.832.